The number of ether oxygens (including phenoxy) is 1. The number of hydrogen-bond donors (Lipinski definition) is 2. The van der Waals surface area contributed by atoms with Crippen LogP contribution in [-0.4, -0.2) is 60.4 Å². The van der Waals surface area contributed by atoms with Crippen molar-refractivity contribution in [2.45, 2.75) is 44.9 Å². The molecule has 8 heteroatoms. The van der Waals surface area contributed by atoms with Crippen molar-refractivity contribution in [2.24, 2.45) is 5.73 Å². The Balaban J connectivity index is 1.84. The first kappa shape index (κ1) is 24.7. The van der Waals surface area contributed by atoms with Gasteiger partial charge in [0.1, 0.15) is 17.6 Å². The zero-order chi connectivity index (χ0) is 23.8. The van der Waals surface area contributed by atoms with E-state index in [2.05, 4.69) is 10.2 Å². The number of likely N-dealkylation sites (tertiary alicyclic amines) is 1. The van der Waals surface area contributed by atoms with Crippen LogP contribution in [0.3, 0.4) is 0 Å². The second-order valence-corrected chi connectivity index (χ2v) is 8.37. The Morgan fingerprint density at radius 2 is 1.91 bits per heavy atom. The summed E-state index contributed by atoms with van der Waals surface area (Å²) in [5.74, 6) is 0.215. The van der Waals surface area contributed by atoms with Crippen LogP contribution >= 0.6 is 0 Å². The van der Waals surface area contributed by atoms with Gasteiger partial charge in [-0.2, -0.15) is 0 Å². The molecule has 1 aliphatic rings. The Labute approximate surface area is 194 Å². The number of nitrogens with one attached hydrogen (secondary N) is 1. The summed E-state index contributed by atoms with van der Waals surface area (Å²) in [6.45, 7) is 3.94. The molecule has 2 aromatic rings. The molecule has 33 heavy (non-hydrogen) atoms. The summed E-state index contributed by atoms with van der Waals surface area (Å²) < 4.78 is 18.8. The summed E-state index contributed by atoms with van der Waals surface area (Å²) in [4.78, 5) is 29.0. The van der Waals surface area contributed by atoms with Gasteiger partial charge in [0.05, 0.1) is 7.11 Å². The largest absolute Gasteiger partial charge is 0.497 e. The Kier molecular flexibility index (Phi) is 8.79. The lowest BCUT2D eigenvalue weighted by molar-refractivity contribution is -0.142. The molecular weight excluding hydrogens is 423 g/mol. The van der Waals surface area contributed by atoms with E-state index in [0.29, 0.717) is 39.1 Å². The molecule has 1 fully saturated rings. The van der Waals surface area contributed by atoms with E-state index in [9.17, 15) is 14.0 Å². The minimum atomic E-state index is -0.547. The molecule has 1 aliphatic heterocycles. The highest BCUT2D eigenvalue weighted by atomic mass is 19.1. The summed E-state index contributed by atoms with van der Waals surface area (Å²) >= 11 is 0. The van der Waals surface area contributed by atoms with Gasteiger partial charge in [0, 0.05) is 45.7 Å². The number of nitrogens with zero attached hydrogens (tertiary/aromatic N) is 2. The summed E-state index contributed by atoms with van der Waals surface area (Å²) in [5.41, 5.74) is 7.60. The van der Waals surface area contributed by atoms with Crippen LogP contribution in [0.1, 0.15) is 30.9 Å². The number of halogens is 1. The van der Waals surface area contributed by atoms with E-state index in [4.69, 9.17) is 10.5 Å². The Morgan fingerprint density at radius 1 is 1.18 bits per heavy atom. The van der Waals surface area contributed by atoms with Crippen molar-refractivity contribution in [1.82, 2.24) is 15.1 Å². The number of methoxy groups -OCH3 is 1. The van der Waals surface area contributed by atoms with Gasteiger partial charge in [-0.15, -0.1) is 0 Å². The van der Waals surface area contributed by atoms with Crippen LogP contribution in [-0.2, 0) is 22.7 Å². The molecule has 0 aromatic heterocycles. The Morgan fingerprint density at radius 3 is 2.58 bits per heavy atom. The molecule has 1 heterocycles. The summed E-state index contributed by atoms with van der Waals surface area (Å²) in [5, 5.41) is 2.83. The number of hydrogen-bond acceptors (Lipinski definition) is 5. The van der Waals surface area contributed by atoms with Crippen LogP contribution in [0.4, 0.5) is 4.39 Å². The van der Waals surface area contributed by atoms with Crippen LogP contribution in [0.5, 0.6) is 5.75 Å². The van der Waals surface area contributed by atoms with Gasteiger partial charge < -0.3 is 20.7 Å². The van der Waals surface area contributed by atoms with E-state index >= 15 is 0 Å². The van der Waals surface area contributed by atoms with Crippen molar-refractivity contribution in [3.05, 3.63) is 65.5 Å². The van der Waals surface area contributed by atoms with E-state index in [1.807, 2.05) is 24.3 Å². The number of piperidine rings is 1. The SMILES string of the molecule is COc1cccc(CN(Cc2ccc(F)cc2)C2CCN(C(C)=O)[C@@H](C(=O)NCCN)C2)c1. The molecule has 3 N–H and O–H groups in total. The van der Waals surface area contributed by atoms with E-state index < -0.39 is 6.04 Å². The van der Waals surface area contributed by atoms with Crippen molar-refractivity contribution in [2.75, 3.05) is 26.7 Å². The zero-order valence-electron chi connectivity index (χ0n) is 19.3. The van der Waals surface area contributed by atoms with E-state index in [1.165, 1.54) is 19.1 Å². The minimum Gasteiger partial charge on any atom is -0.497 e. The maximum Gasteiger partial charge on any atom is 0.242 e. The molecule has 2 aromatic carbocycles. The third-order valence-corrected chi connectivity index (χ3v) is 6.06. The summed E-state index contributed by atoms with van der Waals surface area (Å²) in [6.07, 6.45) is 1.26. The highest BCUT2D eigenvalue weighted by Gasteiger charge is 2.37. The number of carbonyl (C=O) groups excluding carboxylic acids is 2. The predicted molar refractivity (Wildman–Crippen MR) is 125 cm³/mol. The van der Waals surface area contributed by atoms with Crippen molar-refractivity contribution in [1.29, 1.82) is 0 Å². The molecule has 0 bridgehead atoms. The number of nitrogens with two attached hydrogens (primary N) is 1. The molecule has 0 aliphatic carbocycles. The predicted octanol–water partition coefficient (Wildman–Crippen LogP) is 2.29. The lowest BCUT2D eigenvalue weighted by atomic mass is 9.94. The van der Waals surface area contributed by atoms with Crippen molar-refractivity contribution >= 4 is 11.8 Å². The monoisotopic (exact) mass is 456 g/mol. The molecule has 0 spiro atoms. The van der Waals surface area contributed by atoms with Crippen molar-refractivity contribution in [3.63, 3.8) is 0 Å². The third-order valence-electron chi connectivity index (χ3n) is 6.06. The molecule has 0 radical (unpaired) electrons. The van der Waals surface area contributed by atoms with Gasteiger partial charge >= 0.3 is 0 Å². The fourth-order valence-electron chi connectivity index (χ4n) is 4.36. The molecule has 2 atom stereocenters. The number of rotatable bonds is 9. The van der Waals surface area contributed by atoms with Crippen LogP contribution in [0.15, 0.2) is 48.5 Å². The average Bonchev–Trinajstić information content (AvgIpc) is 2.83. The van der Waals surface area contributed by atoms with Gasteiger partial charge in [-0.05, 0) is 48.2 Å². The van der Waals surface area contributed by atoms with Crippen LogP contribution in [0, 0.1) is 5.82 Å². The highest BCUT2D eigenvalue weighted by molar-refractivity contribution is 5.87. The van der Waals surface area contributed by atoms with Gasteiger partial charge in [0.15, 0.2) is 0 Å². The van der Waals surface area contributed by atoms with E-state index in [1.54, 1.807) is 24.1 Å². The fraction of sp³-hybridized carbons (Fsp3) is 0.440. The average molecular weight is 457 g/mol. The lowest BCUT2D eigenvalue weighted by Crippen LogP contribution is -2.57. The molecule has 1 saturated heterocycles. The van der Waals surface area contributed by atoms with Crippen molar-refractivity contribution in [3.8, 4) is 5.75 Å². The zero-order valence-corrected chi connectivity index (χ0v) is 19.3. The second kappa shape index (κ2) is 11.8. The molecule has 0 saturated carbocycles. The maximum atomic E-state index is 13.5. The number of amides is 2. The topological polar surface area (TPSA) is 87.9 Å². The highest BCUT2D eigenvalue weighted by Crippen LogP contribution is 2.26. The second-order valence-electron chi connectivity index (χ2n) is 8.37. The van der Waals surface area contributed by atoms with Gasteiger partial charge in [-0.1, -0.05) is 24.3 Å². The Hall–Kier alpha value is -2.97. The van der Waals surface area contributed by atoms with Crippen LogP contribution in [0.2, 0.25) is 0 Å². The van der Waals surface area contributed by atoms with Crippen LogP contribution < -0.4 is 15.8 Å². The minimum absolute atomic E-state index is 0.0606. The molecule has 3 rings (SSSR count). The summed E-state index contributed by atoms with van der Waals surface area (Å²) in [7, 11) is 1.64. The lowest BCUT2D eigenvalue weighted by Gasteiger charge is -2.42. The first-order valence-corrected chi connectivity index (χ1v) is 11.3. The standard InChI is InChI=1S/C25H33FN4O3/c1-18(31)30-13-10-22(15-24(30)25(32)28-12-11-27)29(16-19-6-8-21(26)9-7-19)17-20-4-3-5-23(14-20)33-2/h3-9,14,22,24H,10-13,15-17,27H2,1-2H3,(H,28,32)/t22?,24-/m1/s1. The number of benzene rings is 2. The third kappa shape index (κ3) is 6.76. The van der Waals surface area contributed by atoms with E-state index in [0.717, 1.165) is 23.3 Å². The van der Waals surface area contributed by atoms with Crippen LogP contribution in [0.25, 0.3) is 0 Å². The van der Waals surface area contributed by atoms with Gasteiger partial charge in [-0.25, -0.2) is 4.39 Å². The first-order valence-electron chi connectivity index (χ1n) is 11.3. The summed E-state index contributed by atoms with van der Waals surface area (Å²) in [6, 6.07) is 13.9. The van der Waals surface area contributed by atoms with Gasteiger partial charge in [0.2, 0.25) is 11.8 Å². The van der Waals surface area contributed by atoms with Gasteiger partial charge in [-0.3, -0.25) is 14.5 Å². The Bertz CT molecular complexity index is 938. The molecule has 7 nitrogen and oxygen atoms in total. The first-order chi connectivity index (χ1) is 15.9. The number of carbonyl (C=O) groups is 2. The quantitative estimate of drug-likeness (QED) is 0.605. The molecule has 2 amide bonds. The maximum absolute atomic E-state index is 13.5. The van der Waals surface area contributed by atoms with E-state index in [-0.39, 0.29) is 23.7 Å². The molecule has 1 unspecified atom stereocenters. The smallest absolute Gasteiger partial charge is 0.242 e. The molecular formula is C25H33FN4O3. The normalized spacial score (nSPS) is 18.3. The fourth-order valence-corrected chi connectivity index (χ4v) is 4.36. The van der Waals surface area contributed by atoms with Gasteiger partial charge in [0.25, 0.3) is 0 Å². The van der Waals surface area contributed by atoms with Crippen molar-refractivity contribution < 1.29 is 18.7 Å². The molecule has 178 valence electrons.